The zero-order chi connectivity index (χ0) is 24.9. The lowest BCUT2D eigenvalue weighted by Crippen LogP contribution is -2.48. The van der Waals surface area contributed by atoms with Crippen molar-refractivity contribution in [2.45, 2.75) is 26.9 Å². The molecule has 0 bridgehead atoms. The lowest BCUT2D eigenvalue weighted by molar-refractivity contribution is -0.145. The summed E-state index contributed by atoms with van der Waals surface area (Å²) < 4.78 is 1.81. The molecule has 2 aromatic carbocycles. The summed E-state index contributed by atoms with van der Waals surface area (Å²) in [5, 5.41) is 15.3. The van der Waals surface area contributed by atoms with Gasteiger partial charge in [-0.1, -0.05) is 31.2 Å². The van der Waals surface area contributed by atoms with E-state index >= 15 is 0 Å². The fraction of sp³-hybridized carbons (Fsp3) is 0.423. The quantitative estimate of drug-likeness (QED) is 0.433. The number of rotatable bonds is 10. The molecule has 0 radical (unpaired) electrons. The lowest BCUT2D eigenvalue weighted by atomic mass is 10.1. The number of hydrogen-bond donors (Lipinski definition) is 2. The number of nitrogens with zero attached hydrogens (tertiary/aromatic N) is 5. The van der Waals surface area contributed by atoms with E-state index < -0.39 is 0 Å². The molecule has 0 atom stereocenters. The van der Waals surface area contributed by atoms with Gasteiger partial charge in [0.2, 0.25) is 5.91 Å². The summed E-state index contributed by atoms with van der Waals surface area (Å²) in [5.74, 6) is -0.181. The highest BCUT2D eigenvalue weighted by molar-refractivity contribution is 5.90. The van der Waals surface area contributed by atoms with Gasteiger partial charge in [-0.25, -0.2) is 5.01 Å². The van der Waals surface area contributed by atoms with Crippen LogP contribution >= 0.6 is 0 Å². The molecule has 0 fully saturated rings. The predicted octanol–water partition coefficient (Wildman–Crippen LogP) is 1.80. The maximum absolute atomic E-state index is 13.4. The molecule has 35 heavy (non-hydrogen) atoms. The van der Waals surface area contributed by atoms with Gasteiger partial charge >= 0.3 is 0 Å². The first kappa shape index (κ1) is 24.7. The van der Waals surface area contributed by atoms with Crippen LogP contribution in [-0.4, -0.2) is 71.4 Å². The number of aryl methyl sites for hydroxylation is 2. The van der Waals surface area contributed by atoms with Crippen molar-refractivity contribution in [3.8, 4) is 0 Å². The van der Waals surface area contributed by atoms with E-state index in [1.54, 1.807) is 12.1 Å². The molecule has 0 unspecified atom stereocenters. The molecule has 9 nitrogen and oxygen atoms in total. The maximum Gasteiger partial charge on any atom is 0.256 e. The second kappa shape index (κ2) is 10.9. The lowest BCUT2D eigenvalue weighted by Gasteiger charge is -2.32. The van der Waals surface area contributed by atoms with Crippen molar-refractivity contribution in [2.24, 2.45) is 7.05 Å². The van der Waals surface area contributed by atoms with Crippen LogP contribution in [0, 0.1) is 6.92 Å². The number of anilines is 1. The highest BCUT2D eigenvalue weighted by Gasteiger charge is 2.27. The fourth-order valence-corrected chi connectivity index (χ4v) is 4.52. The largest absolute Gasteiger partial charge is 0.353 e. The van der Waals surface area contributed by atoms with Crippen LogP contribution in [-0.2, 0) is 29.7 Å². The molecule has 4 rings (SSSR count). The van der Waals surface area contributed by atoms with Crippen molar-refractivity contribution in [1.82, 2.24) is 30.4 Å². The zero-order valence-electron chi connectivity index (χ0n) is 21.0. The summed E-state index contributed by atoms with van der Waals surface area (Å²) in [6.45, 7) is 7.72. The first-order valence-corrected chi connectivity index (χ1v) is 12.1. The molecular formula is C26H35N7O2. The van der Waals surface area contributed by atoms with Gasteiger partial charge < -0.3 is 15.5 Å². The van der Waals surface area contributed by atoms with Gasteiger partial charge in [0, 0.05) is 51.3 Å². The zero-order valence-corrected chi connectivity index (χ0v) is 21.0. The number of aromatic nitrogens is 2. The van der Waals surface area contributed by atoms with Crippen molar-refractivity contribution in [1.29, 1.82) is 0 Å². The van der Waals surface area contributed by atoms with E-state index in [-0.39, 0.29) is 24.9 Å². The molecule has 186 valence electrons. The second-order valence-electron chi connectivity index (χ2n) is 9.03. The van der Waals surface area contributed by atoms with Crippen LogP contribution in [0.3, 0.4) is 0 Å². The van der Waals surface area contributed by atoms with Gasteiger partial charge in [0.25, 0.3) is 5.91 Å². The van der Waals surface area contributed by atoms with Crippen LogP contribution in [0.25, 0.3) is 10.9 Å². The summed E-state index contributed by atoms with van der Waals surface area (Å²) in [7, 11) is 3.70. The van der Waals surface area contributed by atoms with E-state index in [0.29, 0.717) is 26.2 Å². The molecule has 1 aliphatic heterocycles. The van der Waals surface area contributed by atoms with Crippen molar-refractivity contribution < 1.29 is 9.59 Å². The van der Waals surface area contributed by atoms with Crippen LogP contribution in [0.1, 0.15) is 23.6 Å². The summed E-state index contributed by atoms with van der Waals surface area (Å²) in [6.07, 6.45) is 1.83. The number of hydrazine groups is 1. The number of benzene rings is 2. The first-order chi connectivity index (χ1) is 16.9. The Morgan fingerprint density at radius 1 is 1.09 bits per heavy atom. The van der Waals surface area contributed by atoms with E-state index in [9.17, 15) is 9.59 Å². The number of nitrogens with one attached hydrogen (secondary N) is 2. The third kappa shape index (κ3) is 5.63. The van der Waals surface area contributed by atoms with E-state index in [4.69, 9.17) is 0 Å². The molecule has 1 aliphatic rings. The Hall–Kier alpha value is -3.43. The number of carbonyl (C=O) groups excluding carboxylic acids is 2. The average Bonchev–Trinajstić information content (AvgIpc) is 3.43. The molecule has 9 heteroatoms. The number of amides is 2. The molecule has 0 aliphatic carbocycles. The standard InChI is InChI=1S/C26H35N7O2/c1-5-27-10-11-28-25(34)17-32(23-13-24-22(12-19(23)2)14-29-30(24)3)18-26(35)31(4)33-15-20-8-6-7-9-21(20)16-33/h6-9,12-14,27H,5,10-11,15-18H2,1-4H3,(H,28,34). The van der Waals surface area contributed by atoms with Gasteiger partial charge in [0.05, 0.1) is 24.8 Å². The van der Waals surface area contributed by atoms with E-state index in [0.717, 1.165) is 28.7 Å². The smallest absolute Gasteiger partial charge is 0.256 e. The molecule has 0 saturated carbocycles. The van der Waals surface area contributed by atoms with Crippen LogP contribution in [0.2, 0.25) is 0 Å². The minimum atomic E-state index is -0.114. The van der Waals surface area contributed by atoms with Gasteiger partial charge in [-0.2, -0.15) is 5.10 Å². The fourth-order valence-electron chi connectivity index (χ4n) is 4.52. The van der Waals surface area contributed by atoms with Gasteiger partial charge in [0.1, 0.15) is 0 Å². The Bertz CT molecular complexity index is 1180. The van der Waals surface area contributed by atoms with E-state index in [2.05, 4.69) is 33.9 Å². The van der Waals surface area contributed by atoms with Crippen molar-refractivity contribution in [3.05, 3.63) is 59.3 Å². The predicted molar refractivity (Wildman–Crippen MR) is 138 cm³/mol. The third-order valence-corrected chi connectivity index (χ3v) is 6.55. The molecule has 2 N–H and O–H groups in total. The normalized spacial score (nSPS) is 13.1. The molecule has 3 aromatic rings. The van der Waals surface area contributed by atoms with Gasteiger partial charge in [-0.05, 0) is 42.3 Å². The molecule has 1 aromatic heterocycles. The Kier molecular flexibility index (Phi) is 7.67. The van der Waals surface area contributed by atoms with Crippen LogP contribution < -0.4 is 15.5 Å². The monoisotopic (exact) mass is 477 g/mol. The summed E-state index contributed by atoms with van der Waals surface area (Å²) in [5.41, 5.74) is 5.28. The molecule has 2 heterocycles. The average molecular weight is 478 g/mol. The van der Waals surface area contributed by atoms with Gasteiger partial charge in [-0.3, -0.25) is 19.3 Å². The topological polar surface area (TPSA) is 85.7 Å². The highest BCUT2D eigenvalue weighted by atomic mass is 16.2. The summed E-state index contributed by atoms with van der Waals surface area (Å²) in [6, 6.07) is 12.3. The van der Waals surface area contributed by atoms with Gasteiger partial charge in [0.15, 0.2) is 0 Å². The minimum absolute atomic E-state index is 0.0669. The third-order valence-electron chi connectivity index (χ3n) is 6.55. The van der Waals surface area contributed by atoms with Gasteiger partial charge in [-0.15, -0.1) is 0 Å². The number of likely N-dealkylation sites (N-methyl/N-ethyl adjacent to an activating group) is 2. The molecular weight excluding hydrogens is 442 g/mol. The Morgan fingerprint density at radius 2 is 1.80 bits per heavy atom. The summed E-state index contributed by atoms with van der Waals surface area (Å²) in [4.78, 5) is 28.1. The molecule has 0 saturated heterocycles. The van der Waals surface area contributed by atoms with Crippen molar-refractivity contribution in [3.63, 3.8) is 0 Å². The van der Waals surface area contributed by atoms with Crippen LogP contribution in [0.15, 0.2) is 42.6 Å². The van der Waals surface area contributed by atoms with Crippen LogP contribution in [0.4, 0.5) is 5.69 Å². The number of hydrogen-bond acceptors (Lipinski definition) is 6. The van der Waals surface area contributed by atoms with E-state index in [1.807, 2.05) is 59.9 Å². The Labute approximate surface area is 206 Å². The van der Waals surface area contributed by atoms with Crippen molar-refractivity contribution in [2.75, 3.05) is 44.7 Å². The number of carbonyl (C=O) groups is 2. The van der Waals surface area contributed by atoms with Crippen LogP contribution in [0.5, 0.6) is 0 Å². The van der Waals surface area contributed by atoms with Crippen molar-refractivity contribution >= 4 is 28.4 Å². The summed E-state index contributed by atoms with van der Waals surface area (Å²) >= 11 is 0. The highest BCUT2D eigenvalue weighted by Crippen LogP contribution is 2.27. The Balaban J connectivity index is 1.52. The molecule has 0 spiro atoms. The SMILES string of the molecule is CCNCCNC(=O)CN(CC(=O)N(C)N1Cc2ccccc2C1)c1cc2c(cnn2C)cc1C. The molecule has 2 amide bonds. The minimum Gasteiger partial charge on any atom is -0.353 e. The Morgan fingerprint density at radius 3 is 2.49 bits per heavy atom. The van der Waals surface area contributed by atoms with E-state index in [1.165, 1.54) is 11.1 Å². The maximum atomic E-state index is 13.4. The first-order valence-electron chi connectivity index (χ1n) is 12.1. The second-order valence-corrected chi connectivity index (χ2v) is 9.03. The number of fused-ring (bicyclic) bond motifs is 2.